The van der Waals surface area contributed by atoms with Gasteiger partial charge in [-0.25, -0.2) is 10.4 Å². The first kappa shape index (κ1) is 19.2. The fraction of sp³-hybridized carbons (Fsp3) is 0.190. The molecule has 0 unspecified atom stereocenters. The molecule has 1 heterocycles. The fourth-order valence-electron chi connectivity index (χ4n) is 2.53. The van der Waals surface area contributed by atoms with E-state index in [0.29, 0.717) is 23.8 Å². The summed E-state index contributed by atoms with van der Waals surface area (Å²) in [5.41, 5.74) is 6.19. The van der Waals surface area contributed by atoms with Crippen LogP contribution in [0.15, 0.2) is 58.4 Å². The van der Waals surface area contributed by atoms with Gasteiger partial charge in [-0.2, -0.15) is 5.10 Å². The van der Waals surface area contributed by atoms with E-state index in [9.17, 15) is 4.79 Å². The van der Waals surface area contributed by atoms with Gasteiger partial charge in [-0.1, -0.05) is 29.8 Å². The maximum Gasteiger partial charge on any atom is 0.252 e. The number of aromatic amines is 1. The molecule has 0 bridgehead atoms. The van der Waals surface area contributed by atoms with Crippen molar-refractivity contribution in [2.24, 2.45) is 5.10 Å². The van der Waals surface area contributed by atoms with Gasteiger partial charge in [0.1, 0.15) is 6.61 Å². The van der Waals surface area contributed by atoms with Crippen molar-refractivity contribution < 1.29 is 9.47 Å². The minimum Gasteiger partial charge on any atom is -0.493 e. The second-order valence-corrected chi connectivity index (χ2v) is 6.29. The number of hydrogen-bond acceptors (Lipinski definition) is 6. The summed E-state index contributed by atoms with van der Waals surface area (Å²) in [6, 6.07) is 15.1. The van der Waals surface area contributed by atoms with Crippen LogP contribution in [-0.2, 0) is 6.61 Å². The molecule has 3 rings (SSSR count). The Morgan fingerprint density at radius 1 is 1.11 bits per heavy atom. The SMILES string of the molecule is COc1cc(/C=N/Nc2nc(C)cc(=O)[nH]2)ccc1OCc1ccc(C)cc1. The molecular weight excluding hydrogens is 356 g/mol. The molecule has 7 nitrogen and oxygen atoms in total. The van der Waals surface area contributed by atoms with E-state index in [1.807, 2.05) is 30.3 Å². The van der Waals surface area contributed by atoms with Crippen LogP contribution >= 0.6 is 0 Å². The highest BCUT2D eigenvalue weighted by Gasteiger charge is 2.06. The molecule has 0 spiro atoms. The molecule has 2 N–H and O–H groups in total. The third-order valence-corrected chi connectivity index (χ3v) is 3.96. The number of rotatable bonds is 7. The first-order valence-electron chi connectivity index (χ1n) is 8.77. The zero-order valence-corrected chi connectivity index (χ0v) is 16.0. The Hall–Kier alpha value is -3.61. The maximum atomic E-state index is 11.4. The molecule has 1 aromatic heterocycles. The predicted molar refractivity (Wildman–Crippen MR) is 109 cm³/mol. The van der Waals surface area contributed by atoms with Gasteiger partial charge in [-0.3, -0.25) is 9.78 Å². The summed E-state index contributed by atoms with van der Waals surface area (Å²) in [4.78, 5) is 18.1. The standard InChI is InChI=1S/C21H22N4O3/c1-14-4-6-16(7-5-14)13-28-18-9-8-17(11-19(18)27-3)12-22-25-21-23-15(2)10-20(26)24-21/h4-12H,13H2,1-3H3,(H2,23,24,25,26)/b22-12+. The highest BCUT2D eigenvalue weighted by atomic mass is 16.5. The van der Waals surface area contributed by atoms with E-state index >= 15 is 0 Å². The van der Waals surface area contributed by atoms with Crippen LogP contribution in [0.1, 0.15) is 22.4 Å². The first-order chi connectivity index (χ1) is 13.5. The van der Waals surface area contributed by atoms with Crippen LogP contribution in [0.4, 0.5) is 5.95 Å². The van der Waals surface area contributed by atoms with Crippen LogP contribution in [0, 0.1) is 13.8 Å². The average molecular weight is 378 g/mol. The zero-order valence-electron chi connectivity index (χ0n) is 16.0. The van der Waals surface area contributed by atoms with Gasteiger partial charge in [0.05, 0.1) is 13.3 Å². The van der Waals surface area contributed by atoms with Crippen molar-refractivity contribution >= 4 is 12.2 Å². The smallest absolute Gasteiger partial charge is 0.252 e. The monoisotopic (exact) mass is 378 g/mol. The molecule has 7 heteroatoms. The average Bonchev–Trinajstić information content (AvgIpc) is 2.67. The van der Waals surface area contributed by atoms with E-state index in [1.165, 1.54) is 11.6 Å². The van der Waals surface area contributed by atoms with E-state index in [4.69, 9.17) is 9.47 Å². The van der Waals surface area contributed by atoms with Crippen molar-refractivity contribution in [2.75, 3.05) is 12.5 Å². The number of ether oxygens (including phenoxy) is 2. The third kappa shape index (κ3) is 5.20. The molecule has 2 aromatic carbocycles. The minimum atomic E-state index is -0.234. The number of methoxy groups -OCH3 is 1. The second-order valence-electron chi connectivity index (χ2n) is 6.29. The Kier molecular flexibility index (Phi) is 6.06. The highest BCUT2D eigenvalue weighted by molar-refractivity contribution is 5.81. The lowest BCUT2D eigenvalue weighted by Crippen LogP contribution is -2.10. The summed E-state index contributed by atoms with van der Waals surface area (Å²) in [5, 5.41) is 4.10. The van der Waals surface area contributed by atoms with Crippen LogP contribution in [0.2, 0.25) is 0 Å². The van der Waals surface area contributed by atoms with Gasteiger partial charge >= 0.3 is 0 Å². The van der Waals surface area contributed by atoms with Crippen molar-refractivity contribution in [3.63, 3.8) is 0 Å². The zero-order chi connectivity index (χ0) is 19.9. The molecule has 0 aliphatic heterocycles. The quantitative estimate of drug-likeness (QED) is 0.486. The summed E-state index contributed by atoms with van der Waals surface area (Å²) >= 11 is 0. The molecular formula is C21H22N4O3. The van der Waals surface area contributed by atoms with Crippen LogP contribution in [-0.4, -0.2) is 23.3 Å². The summed E-state index contributed by atoms with van der Waals surface area (Å²) in [7, 11) is 1.59. The lowest BCUT2D eigenvalue weighted by molar-refractivity contribution is 0.284. The molecule has 0 saturated carbocycles. The summed E-state index contributed by atoms with van der Waals surface area (Å²) in [6.07, 6.45) is 1.61. The Morgan fingerprint density at radius 3 is 2.61 bits per heavy atom. The largest absolute Gasteiger partial charge is 0.493 e. The molecule has 0 atom stereocenters. The number of aryl methyl sites for hydroxylation is 2. The maximum absolute atomic E-state index is 11.4. The number of nitrogens with one attached hydrogen (secondary N) is 2. The molecule has 0 amide bonds. The van der Waals surface area contributed by atoms with Gasteiger partial charge in [0, 0.05) is 11.8 Å². The number of H-pyrrole nitrogens is 1. The van der Waals surface area contributed by atoms with E-state index in [2.05, 4.69) is 39.6 Å². The van der Waals surface area contributed by atoms with E-state index < -0.39 is 0 Å². The molecule has 28 heavy (non-hydrogen) atoms. The van der Waals surface area contributed by atoms with Crippen LogP contribution < -0.4 is 20.5 Å². The lowest BCUT2D eigenvalue weighted by Gasteiger charge is -2.11. The lowest BCUT2D eigenvalue weighted by atomic mass is 10.2. The van der Waals surface area contributed by atoms with Gasteiger partial charge in [0.25, 0.3) is 5.56 Å². The summed E-state index contributed by atoms with van der Waals surface area (Å²) in [6.45, 7) is 4.25. The van der Waals surface area contributed by atoms with Gasteiger partial charge in [-0.05, 0) is 43.2 Å². The minimum absolute atomic E-state index is 0.234. The van der Waals surface area contributed by atoms with E-state index in [1.54, 1.807) is 20.2 Å². The molecule has 144 valence electrons. The predicted octanol–water partition coefficient (Wildman–Crippen LogP) is 3.42. The van der Waals surface area contributed by atoms with Crippen molar-refractivity contribution in [1.82, 2.24) is 9.97 Å². The third-order valence-electron chi connectivity index (χ3n) is 3.96. The van der Waals surface area contributed by atoms with E-state index in [-0.39, 0.29) is 11.5 Å². The van der Waals surface area contributed by atoms with Crippen molar-refractivity contribution in [1.29, 1.82) is 0 Å². The molecule has 0 fully saturated rings. The number of nitrogens with zero attached hydrogens (tertiary/aromatic N) is 2. The Morgan fingerprint density at radius 2 is 1.89 bits per heavy atom. The molecule has 0 aliphatic carbocycles. The summed E-state index contributed by atoms with van der Waals surface area (Å²) < 4.78 is 11.3. The molecule has 3 aromatic rings. The van der Waals surface area contributed by atoms with Gasteiger partial charge in [0.2, 0.25) is 5.95 Å². The fourth-order valence-corrected chi connectivity index (χ4v) is 2.53. The summed E-state index contributed by atoms with van der Waals surface area (Å²) in [5.74, 6) is 1.54. The number of aromatic nitrogens is 2. The number of hydrogen-bond donors (Lipinski definition) is 2. The van der Waals surface area contributed by atoms with Gasteiger partial charge in [-0.15, -0.1) is 0 Å². The Bertz CT molecular complexity index is 1030. The Labute approximate surface area is 163 Å². The van der Waals surface area contributed by atoms with Crippen molar-refractivity contribution in [3.05, 3.63) is 81.3 Å². The van der Waals surface area contributed by atoms with Gasteiger partial charge < -0.3 is 9.47 Å². The number of benzene rings is 2. The second kappa shape index (κ2) is 8.85. The normalized spacial score (nSPS) is 10.8. The van der Waals surface area contributed by atoms with Crippen LogP contribution in [0.3, 0.4) is 0 Å². The van der Waals surface area contributed by atoms with Gasteiger partial charge in [0.15, 0.2) is 11.5 Å². The highest BCUT2D eigenvalue weighted by Crippen LogP contribution is 2.28. The molecule has 0 aliphatic rings. The molecule has 0 radical (unpaired) electrons. The van der Waals surface area contributed by atoms with Crippen molar-refractivity contribution in [2.45, 2.75) is 20.5 Å². The van der Waals surface area contributed by atoms with Crippen molar-refractivity contribution in [3.8, 4) is 11.5 Å². The van der Waals surface area contributed by atoms with Crippen LogP contribution in [0.5, 0.6) is 11.5 Å². The number of anilines is 1. The molecule has 0 saturated heterocycles. The van der Waals surface area contributed by atoms with E-state index in [0.717, 1.165) is 11.1 Å². The Balaban J connectivity index is 1.66. The number of hydrazone groups is 1. The first-order valence-corrected chi connectivity index (χ1v) is 8.77. The van der Waals surface area contributed by atoms with Crippen LogP contribution in [0.25, 0.3) is 0 Å². The topological polar surface area (TPSA) is 88.6 Å².